The third-order valence-corrected chi connectivity index (χ3v) is 5.77. The molecule has 2 heteroatoms. The van der Waals surface area contributed by atoms with E-state index < -0.39 is 0 Å². The molecule has 126 valence electrons. The summed E-state index contributed by atoms with van der Waals surface area (Å²) >= 11 is 0. The summed E-state index contributed by atoms with van der Waals surface area (Å²) in [7, 11) is 0. The summed E-state index contributed by atoms with van der Waals surface area (Å²) in [5.41, 5.74) is 3.31. The number of rotatable bonds is 4. The summed E-state index contributed by atoms with van der Waals surface area (Å²) in [4.78, 5) is 2.63. The lowest BCUT2D eigenvalue weighted by Gasteiger charge is -2.59. The predicted octanol–water partition coefficient (Wildman–Crippen LogP) is 4.34. The Labute approximate surface area is 141 Å². The zero-order chi connectivity index (χ0) is 16.7. The Morgan fingerprint density at radius 1 is 1.04 bits per heavy atom. The van der Waals surface area contributed by atoms with E-state index in [2.05, 4.69) is 56.5 Å². The molecule has 0 aromatic heterocycles. The highest BCUT2D eigenvalue weighted by Gasteiger charge is 2.52. The van der Waals surface area contributed by atoms with Crippen molar-refractivity contribution in [2.75, 3.05) is 19.7 Å². The molecule has 1 aliphatic carbocycles. The van der Waals surface area contributed by atoms with Crippen molar-refractivity contribution in [2.45, 2.75) is 46.6 Å². The van der Waals surface area contributed by atoms with Gasteiger partial charge < -0.3 is 5.11 Å². The Morgan fingerprint density at radius 2 is 1.61 bits per heavy atom. The fraction of sp³-hybridized carbons (Fsp3) is 0.619. The Balaban J connectivity index is 1.75. The molecule has 1 aliphatic heterocycles. The van der Waals surface area contributed by atoms with Crippen molar-refractivity contribution in [3.05, 3.63) is 42.0 Å². The van der Waals surface area contributed by atoms with Gasteiger partial charge in [0.05, 0.1) is 0 Å². The van der Waals surface area contributed by atoms with Gasteiger partial charge in [-0.25, -0.2) is 0 Å². The van der Waals surface area contributed by atoms with Gasteiger partial charge in [-0.1, -0.05) is 57.7 Å². The molecule has 2 bridgehead atoms. The number of aliphatic hydroxyl groups is 1. The van der Waals surface area contributed by atoms with Gasteiger partial charge in [0.15, 0.2) is 0 Å². The van der Waals surface area contributed by atoms with Crippen LogP contribution < -0.4 is 0 Å². The first kappa shape index (κ1) is 16.7. The largest absolute Gasteiger partial charge is 0.396 e. The normalized spacial score (nSPS) is 37.6. The van der Waals surface area contributed by atoms with Gasteiger partial charge in [-0.05, 0) is 46.6 Å². The second-order valence-electron chi connectivity index (χ2n) is 9.21. The third kappa shape index (κ3) is 3.54. The van der Waals surface area contributed by atoms with Crippen LogP contribution in [-0.4, -0.2) is 29.7 Å². The Morgan fingerprint density at radius 3 is 2.09 bits per heavy atom. The summed E-state index contributed by atoms with van der Waals surface area (Å²) in [6.45, 7) is 14.6. The van der Waals surface area contributed by atoms with Crippen molar-refractivity contribution in [2.24, 2.45) is 16.2 Å². The molecule has 0 spiro atoms. The SMILES string of the molecule is C=Cc1ccc(CN2C[C@@]3(C)CC(C)(CO)C[C@@](C)(C2)C3)cc1. The molecule has 0 amide bonds. The van der Waals surface area contributed by atoms with E-state index in [1.165, 1.54) is 17.5 Å². The Kier molecular flexibility index (Phi) is 4.18. The van der Waals surface area contributed by atoms with E-state index in [0.717, 1.165) is 32.5 Å². The molecule has 23 heavy (non-hydrogen) atoms. The number of nitrogens with zero attached hydrogens (tertiary/aromatic N) is 1. The van der Waals surface area contributed by atoms with E-state index in [-0.39, 0.29) is 5.41 Å². The highest BCUT2D eigenvalue weighted by atomic mass is 16.3. The van der Waals surface area contributed by atoms with Gasteiger partial charge >= 0.3 is 0 Å². The molecule has 1 aromatic rings. The van der Waals surface area contributed by atoms with E-state index in [0.29, 0.717) is 17.4 Å². The van der Waals surface area contributed by atoms with Crippen molar-refractivity contribution >= 4 is 6.08 Å². The molecular formula is C21H31NO. The summed E-state index contributed by atoms with van der Waals surface area (Å²) in [6, 6.07) is 8.76. The first-order valence-corrected chi connectivity index (χ1v) is 8.82. The van der Waals surface area contributed by atoms with Crippen molar-refractivity contribution < 1.29 is 5.11 Å². The zero-order valence-electron chi connectivity index (χ0n) is 14.9. The monoisotopic (exact) mass is 313 g/mol. The molecule has 1 saturated heterocycles. The maximum atomic E-state index is 9.86. The van der Waals surface area contributed by atoms with E-state index in [1.807, 2.05) is 6.08 Å². The molecule has 1 N–H and O–H groups in total. The van der Waals surface area contributed by atoms with Gasteiger partial charge in [0.25, 0.3) is 0 Å². The first-order valence-electron chi connectivity index (χ1n) is 8.82. The van der Waals surface area contributed by atoms with Crippen LogP contribution in [0.25, 0.3) is 6.08 Å². The molecule has 3 rings (SSSR count). The lowest BCUT2D eigenvalue weighted by molar-refractivity contribution is -0.105. The lowest BCUT2D eigenvalue weighted by atomic mass is 9.52. The minimum Gasteiger partial charge on any atom is -0.396 e. The van der Waals surface area contributed by atoms with Gasteiger partial charge in [-0.15, -0.1) is 0 Å². The van der Waals surface area contributed by atoms with Crippen LogP contribution in [0.5, 0.6) is 0 Å². The minimum atomic E-state index is 0.0967. The lowest BCUT2D eigenvalue weighted by Crippen LogP contribution is -2.57. The molecule has 1 saturated carbocycles. The number of aliphatic hydroxyl groups excluding tert-OH is 1. The predicted molar refractivity (Wildman–Crippen MR) is 97.1 cm³/mol. The standard InChI is InChI=1S/C21H31NO/c1-5-17-6-8-18(9-7-17)10-22-14-19(2)11-20(3,15-22)13-21(4,12-19)16-23/h5-9,23H,1,10-16H2,2-4H3/t19-,20+,21?. The van der Waals surface area contributed by atoms with Gasteiger partial charge in [-0.3, -0.25) is 4.90 Å². The van der Waals surface area contributed by atoms with Crippen LogP contribution in [0, 0.1) is 16.2 Å². The summed E-state index contributed by atoms with van der Waals surface area (Å²) in [5.74, 6) is 0. The van der Waals surface area contributed by atoms with Crippen LogP contribution in [0.15, 0.2) is 30.8 Å². The molecule has 1 heterocycles. The fourth-order valence-corrected chi connectivity index (χ4v) is 5.88. The quantitative estimate of drug-likeness (QED) is 0.894. The molecule has 3 atom stereocenters. The number of piperidine rings is 1. The van der Waals surface area contributed by atoms with Gasteiger partial charge in [0.1, 0.15) is 0 Å². The molecule has 2 aliphatic rings. The van der Waals surface area contributed by atoms with Crippen molar-refractivity contribution in [1.29, 1.82) is 0 Å². The molecule has 2 nitrogen and oxygen atoms in total. The van der Waals surface area contributed by atoms with Crippen LogP contribution in [-0.2, 0) is 6.54 Å². The van der Waals surface area contributed by atoms with Gasteiger partial charge in [0, 0.05) is 26.2 Å². The number of benzene rings is 1. The highest BCUT2D eigenvalue weighted by molar-refractivity contribution is 5.47. The second-order valence-corrected chi connectivity index (χ2v) is 9.21. The van der Waals surface area contributed by atoms with Crippen LogP contribution in [0.2, 0.25) is 0 Å². The molecule has 2 fully saturated rings. The smallest absolute Gasteiger partial charge is 0.0485 e. The van der Waals surface area contributed by atoms with Crippen LogP contribution in [0.1, 0.15) is 51.2 Å². The second kappa shape index (κ2) is 5.75. The maximum absolute atomic E-state index is 9.86. The summed E-state index contributed by atoms with van der Waals surface area (Å²) in [5, 5.41) is 9.86. The first-order chi connectivity index (χ1) is 10.8. The number of hydrogen-bond donors (Lipinski definition) is 1. The van der Waals surface area contributed by atoms with Crippen LogP contribution in [0.4, 0.5) is 0 Å². The molecule has 1 unspecified atom stereocenters. The molecular weight excluding hydrogens is 282 g/mol. The van der Waals surface area contributed by atoms with E-state index in [1.54, 1.807) is 0 Å². The van der Waals surface area contributed by atoms with Gasteiger partial charge in [0.2, 0.25) is 0 Å². The molecule has 1 aromatic carbocycles. The van der Waals surface area contributed by atoms with Crippen LogP contribution in [0.3, 0.4) is 0 Å². The van der Waals surface area contributed by atoms with E-state index >= 15 is 0 Å². The topological polar surface area (TPSA) is 23.5 Å². The maximum Gasteiger partial charge on any atom is 0.0485 e. The Hall–Kier alpha value is -1.12. The van der Waals surface area contributed by atoms with Crippen molar-refractivity contribution in [3.63, 3.8) is 0 Å². The zero-order valence-corrected chi connectivity index (χ0v) is 14.9. The van der Waals surface area contributed by atoms with E-state index in [9.17, 15) is 5.11 Å². The minimum absolute atomic E-state index is 0.0967. The molecule has 0 radical (unpaired) electrons. The number of hydrogen-bond acceptors (Lipinski definition) is 2. The van der Waals surface area contributed by atoms with Gasteiger partial charge in [-0.2, -0.15) is 0 Å². The Bertz CT molecular complexity index is 558. The summed E-state index contributed by atoms with van der Waals surface area (Å²) < 4.78 is 0. The average Bonchev–Trinajstić information content (AvgIpc) is 2.45. The van der Waals surface area contributed by atoms with E-state index in [4.69, 9.17) is 0 Å². The van der Waals surface area contributed by atoms with Crippen molar-refractivity contribution in [1.82, 2.24) is 4.90 Å². The third-order valence-electron chi connectivity index (χ3n) is 5.77. The number of fused-ring (bicyclic) bond motifs is 2. The number of likely N-dealkylation sites (tertiary alicyclic amines) is 1. The highest BCUT2D eigenvalue weighted by Crippen LogP contribution is 2.57. The average molecular weight is 313 g/mol. The fourth-order valence-electron chi connectivity index (χ4n) is 5.88. The summed E-state index contributed by atoms with van der Waals surface area (Å²) in [6.07, 6.45) is 5.46. The van der Waals surface area contributed by atoms with Crippen LogP contribution >= 0.6 is 0 Å². The van der Waals surface area contributed by atoms with Crippen molar-refractivity contribution in [3.8, 4) is 0 Å².